The van der Waals surface area contributed by atoms with Crippen LogP contribution in [0.3, 0.4) is 0 Å². The van der Waals surface area contributed by atoms with Crippen LogP contribution in [-0.2, 0) is 0 Å². The van der Waals surface area contributed by atoms with Gasteiger partial charge in [0.25, 0.3) is 3.12 Å². The van der Waals surface area contributed by atoms with Crippen LogP contribution in [0.5, 0.6) is 0 Å². The Kier molecular flexibility index (Phi) is 7.90. The van der Waals surface area contributed by atoms with Crippen LogP contribution in [0.1, 0.15) is 34.6 Å². The molecule has 7 heteroatoms. The van der Waals surface area contributed by atoms with Gasteiger partial charge in [0.05, 0.1) is 0 Å². The van der Waals surface area contributed by atoms with Gasteiger partial charge in [-0.2, -0.15) is 0 Å². The van der Waals surface area contributed by atoms with Crippen molar-refractivity contribution in [1.82, 2.24) is 0 Å². The van der Waals surface area contributed by atoms with Crippen molar-refractivity contribution in [1.29, 1.82) is 0 Å². The van der Waals surface area contributed by atoms with Gasteiger partial charge in [-0.25, -0.2) is 0 Å². The molecule has 0 unspecified atom stereocenters. The Hall–Kier alpha value is -0.260. The van der Waals surface area contributed by atoms with Gasteiger partial charge in [-0.1, -0.05) is 59.1 Å². The van der Waals surface area contributed by atoms with Crippen molar-refractivity contribution in [2.45, 2.75) is 17.0 Å². The van der Waals surface area contributed by atoms with Crippen LogP contribution in [0, 0.1) is 0 Å². The molecule has 0 heterocycles. The molecule has 0 bridgehead atoms. The lowest BCUT2D eigenvalue weighted by atomic mass is 10.0. The zero-order valence-electron chi connectivity index (χ0n) is 9.75. The molecule has 1 rings (SSSR count). The molecule has 18 heavy (non-hydrogen) atoms. The highest BCUT2D eigenvalue weighted by Crippen LogP contribution is 2.34. The molecule has 0 spiro atoms. The van der Waals surface area contributed by atoms with E-state index in [0.29, 0.717) is 23.1 Å². The van der Waals surface area contributed by atoms with Crippen LogP contribution in [-0.4, -0.2) is 14.7 Å². The standard InChI is InChI=1S/C10H10O2.CH2Cl3NS/c1-7(11)9-5-3-4-6-10(9)8(2)12;2-1(3,4)6-5/h3-6H,1-2H3;5H2. The average molecular weight is 329 g/mol. The lowest BCUT2D eigenvalue weighted by molar-refractivity contribution is 0.0981. The van der Waals surface area contributed by atoms with Gasteiger partial charge >= 0.3 is 0 Å². The van der Waals surface area contributed by atoms with E-state index in [1.807, 2.05) is 0 Å². The van der Waals surface area contributed by atoms with Gasteiger partial charge in [0.15, 0.2) is 11.6 Å². The van der Waals surface area contributed by atoms with Gasteiger partial charge in [-0.15, -0.1) is 0 Å². The predicted molar refractivity (Wildman–Crippen MR) is 78.5 cm³/mol. The molecule has 0 radical (unpaired) electrons. The average Bonchev–Trinajstić information content (AvgIpc) is 2.28. The van der Waals surface area contributed by atoms with Crippen molar-refractivity contribution < 1.29 is 9.59 Å². The molecule has 0 aliphatic carbocycles. The number of carbonyl (C=O) groups is 2. The molecule has 100 valence electrons. The quantitative estimate of drug-likeness (QED) is 0.506. The molecule has 0 saturated heterocycles. The lowest BCUT2D eigenvalue weighted by Crippen LogP contribution is -2.02. The molecule has 2 N–H and O–H groups in total. The van der Waals surface area contributed by atoms with E-state index in [2.05, 4.69) is 0 Å². The number of Topliss-reactive ketones (excluding diaryl/α,β-unsaturated/α-hetero) is 2. The normalized spacial score (nSPS) is 10.3. The number of hydrogen-bond acceptors (Lipinski definition) is 4. The fourth-order valence-electron chi connectivity index (χ4n) is 1.10. The van der Waals surface area contributed by atoms with Crippen LogP contribution in [0.2, 0.25) is 0 Å². The van der Waals surface area contributed by atoms with E-state index in [4.69, 9.17) is 39.9 Å². The smallest absolute Gasteiger partial charge is 0.250 e. The fourth-order valence-corrected chi connectivity index (χ4v) is 1.10. The topological polar surface area (TPSA) is 60.2 Å². The Labute approximate surface area is 125 Å². The summed E-state index contributed by atoms with van der Waals surface area (Å²) in [4.78, 5) is 22.0. The molecule has 0 aliphatic rings. The summed E-state index contributed by atoms with van der Waals surface area (Å²) in [5.74, 6) is -0.137. The number of benzene rings is 1. The largest absolute Gasteiger partial charge is 0.294 e. The van der Waals surface area contributed by atoms with Gasteiger partial charge in [0.2, 0.25) is 0 Å². The highest BCUT2D eigenvalue weighted by molar-refractivity contribution is 8.02. The fraction of sp³-hybridized carbons (Fsp3) is 0.273. The number of alkyl halides is 3. The van der Waals surface area contributed by atoms with Gasteiger partial charge in [0.1, 0.15) is 0 Å². The summed E-state index contributed by atoms with van der Waals surface area (Å²) in [6, 6.07) is 6.84. The first kappa shape index (κ1) is 17.7. The molecule has 1 aromatic carbocycles. The first-order valence-electron chi connectivity index (χ1n) is 4.74. The van der Waals surface area contributed by atoms with Crippen molar-refractivity contribution in [2.75, 3.05) is 0 Å². The maximum absolute atomic E-state index is 11.0. The number of nitrogens with two attached hydrogens (primary N) is 1. The second-order valence-electron chi connectivity index (χ2n) is 3.22. The summed E-state index contributed by atoms with van der Waals surface area (Å²) in [7, 11) is 0. The molecule has 0 aromatic heterocycles. The van der Waals surface area contributed by atoms with E-state index in [1.165, 1.54) is 13.8 Å². The highest BCUT2D eigenvalue weighted by atomic mass is 35.6. The van der Waals surface area contributed by atoms with E-state index in [9.17, 15) is 9.59 Å². The zero-order valence-corrected chi connectivity index (χ0v) is 12.8. The third-order valence-corrected chi connectivity index (χ3v) is 2.89. The minimum absolute atomic E-state index is 0.0687. The maximum atomic E-state index is 11.0. The Morgan fingerprint density at radius 2 is 1.33 bits per heavy atom. The molecule has 1 aromatic rings. The van der Waals surface area contributed by atoms with Crippen LogP contribution in [0.15, 0.2) is 24.3 Å². The number of hydrogen-bond donors (Lipinski definition) is 1. The molecular weight excluding hydrogens is 317 g/mol. The third-order valence-electron chi connectivity index (χ3n) is 1.82. The summed E-state index contributed by atoms with van der Waals surface area (Å²) < 4.78 is -1.35. The Bertz CT molecular complexity index is 400. The first-order chi connectivity index (χ1) is 8.19. The van der Waals surface area contributed by atoms with Gasteiger partial charge < -0.3 is 0 Å². The molecule has 0 amide bonds. The Morgan fingerprint density at radius 1 is 1.06 bits per heavy atom. The van der Waals surface area contributed by atoms with Crippen molar-refractivity contribution in [2.24, 2.45) is 5.14 Å². The maximum Gasteiger partial charge on any atom is 0.250 e. The van der Waals surface area contributed by atoms with E-state index < -0.39 is 3.12 Å². The zero-order chi connectivity index (χ0) is 14.3. The van der Waals surface area contributed by atoms with Crippen molar-refractivity contribution >= 4 is 58.3 Å². The SMILES string of the molecule is CC(=O)c1ccccc1C(C)=O.NSC(Cl)(Cl)Cl. The Morgan fingerprint density at radius 3 is 1.50 bits per heavy atom. The van der Waals surface area contributed by atoms with Crippen molar-refractivity contribution in [3.05, 3.63) is 35.4 Å². The molecule has 0 atom stereocenters. The minimum Gasteiger partial charge on any atom is -0.294 e. The first-order valence-corrected chi connectivity index (χ1v) is 6.76. The van der Waals surface area contributed by atoms with Crippen molar-refractivity contribution in [3.63, 3.8) is 0 Å². The molecule has 0 fully saturated rings. The number of rotatable bonds is 2. The van der Waals surface area contributed by atoms with Gasteiger partial charge in [-0.3, -0.25) is 14.7 Å². The molecule has 3 nitrogen and oxygen atoms in total. The third kappa shape index (κ3) is 7.24. The number of carbonyl (C=O) groups excluding carboxylic acids is 2. The van der Waals surface area contributed by atoms with E-state index in [1.54, 1.807) is 24.3 Å². The molecular formula is C11H12Cl3NO2S. The van der Waals surface area contributed by atoms with Crippen LogP contribution < -0.4 is 5.14 Å². The molecule has 0 aliphatic heterocycles. The van der Waals surface area contributed by atoms with Crippen molar-refractivity contribution in [3.8, 4) is 0 Å². The monoisotopic (exact) mass is 327 g/mol. The summed E-state index contributed by atoms with van der Waals surface area (Å²) in [6.45, 7) is 2.92. The Balaban J connectivity index is 0.000000411. The van der Waals surface area contributed by atoms with E-state index in [-0.39, 0.29) is 11.6 Å². The second kappa shape index (κ2) is 8.02. The minimum atomic E-state index is -1.35. The summed E-state index contributed by atoms with van der Waals surface area (Å²) in [5.41, 5.74) is 1.01. The van der Waals surface area contributed by atoms with Gasteiger partial charge in [0, 0.05) is 11.1 Å². The highest BCUT2D eigenvalue weighted by Gasteiger charge is 2.16. The molecule has 0 saturated carbocycles. The lowest BCUT2D eigenvalue weighted by Gasteiger charge is -2.01. The number of ketones is 2. The van der Waals surface area contributed by atoms with Crippen LogP contribution >= 0.6 is 46.8 Å². The van der Waals surface area contributed by atoms with E-state index in [0.717, 1.165) is 0 Å². The predicted octanol–water partition coefficient (Wildman–Crippen LogP) is 4.01. The van der Waals surface area contributed by atoms with E-state index >= 15 is 0 Å². The summed E-state index contributed by atoms with van der Waals surface area (Å²) in [6.07, 6.45) is 0. The van der Waals surface area contributed by atoms with Gasteiger partial charge in [-0.05, 0) is 25.8 Å². The number of halogens is 3. The van der Waals surface area contributed by atoms with Crippen LogP contribution in [0.25, 0.3) is 0 Å². The van der Waals surface area contributed by atoms with Crippen LogP contribution in [0.4, 0.5) is 0 Å². The summed E-state index contributed by atoms with van der Waals surface area (Å²) in [5, 5.41) is 4.83. The summed E-state index contributed by atoms with van der Waals surface area (Å²) >= 11 is 15.9. The second-order valence-corrected chi connectivity index (χ2v) is 7.02.